The molecule has 0 aliphatic rings. The van der Waals surface area contributed by atoms with Crippen LogP contribution in [0.4, 0.5) is 11.5 Å². The lowest BCUT2D eigenvalue weighted by molar-refractivity contribution is 1.25. The van der Waals surface area contributed by atoms with Gasteiger partial charge in [-0.2, -0.15) is 0 Å². The summed E-state index contributed by atoms with van der Waals surface area (Å²) in [7, 11) is 0. The zero-order chi connectivity index (χ0) is 12.4. The van der Waals surface area contributed by atoms with E-state index in [1.54, 1.807) is 6.20 Å². The number of aromatic nitrogens is 1. The van der Waals surface area contributed by atoms with Crippen LogP contribution < -0.4 is 5.32 Å². The number of anilines is 2. The van der Waals surface area contributed by atoms with E-state index in [-0.39, 0.29) is 0 Å². The van der Waals surface area contributed by atoms with Gasteiger partial charge < -0.3 is 5.32 Å². The molecule has 0 saturated heterocycles. The first-order valence-corrected chi connectivity index (χ1v) is 6.87. The van der Waals surface area contributed by atoms with E-state index in [0.29, 0.717) is 5.02 Å². The van der Waals surface area contributed by atoms with Crippen molar-refractivity contribution in [3.05, 3.63) is 50.0 Å². The van der Waals surface area contributed by atoms with Crippen molar-refractivity contribution in [1.82, 2.24) is 4.98 Å². The molecule has 2 nitrogen and oxygen atoms in total. The van der Waals surface area contributed by atoms with Gasteiger partial charge in [-0.3, -0.25) is 0 Å². The Morgan fingerprint density at radius 1 is 1.18 bits per heavy atom. The van der Waals surface area contributed by atoms with Crippen LogP contribution in [0.2, 0.25) is 5.02 Å². The van der Waals surface area contributed by atoms with Crippen LogP contribution in [-0.2, 0) is 0 Å². The summed E-state index contributed by atoms with van der Waals surface area (Å²) in [6, 6.07) is 7.55. The SMILES string of the molecule is Cc1cc(Nc2cc(Cl)ccc2Br)ncc1Br. The summed E-state index contributed by atoms with van der Waals surface area (Å²) in [5.74, 6) is 0.786. The molecule has 1 aromatic carbocycles. The fourth-order valence-corrected chi connectivity index (χ4v) is 2.07. The van der Waals surface area contributed by atoms with Gasteiger partial charge in [0.15, 0.2) is 0 Å². The van der Waals surface area contributed by atoms with Crippen molar-refractivity contribution in [2.24, 2.45) is 0 Å². The third-order valence-corrected chi connectivity index (χ3v) is 3.99. The minimum Gasteiger partial charge on any atom is -0.339 e. The Balaban J connectivity index is 2.31. The molecule has 0 radical (unpaired) electrons. The van der Waals surface area contributed by atoms with Gasteiger partial charge in [0.25, 0.3) is 0 Å². The molecule has 0 aliphatic carbocycles. The van der Waals surface area contributed by atoms with E-state index in [0.717, 1.165) is 26.0 Å². The highest BCUT2D eigenvalue weighted by Crippen LogP contribution is 2.29. The number of rotatable bonds is 2. The van der Waals surface area contributed by atoms with Gasteiger partial charge in [0.2, 0.25) is 0 Å². The number of halogens is 3. The van der Waals surface area contributed by atoms with Crippen LogP contribution in [0.15, 0.2) is 39.4 Å². The molecule has 0 bridgehead atoms. The predicted octanol–water partition coefficient (Wildman–Crippen LogP) is 5.31. The molecule has 0 saturated carbocycles. The van der Waals surface area contributed by atoms with Gasteiger partial charge in [0.05, 0.1) is 5.69 Å². The lowest BCUT2D eigenvalue weighted by atomic mass is 10.3. The van der Waals surface area contributed by atoms with Gasteiger partial charge in [-0.15, -0.1) is 0 Å². The smallest absolute Gasteiger partial charge is 0.130 e. The lowest BCUT2D eigenvalue weighted by Crippen LogP contribution is -1.95. The van der Waals surface area contributed by atoms with E-state index < -0.39 is 0 Å². The van der Waals surface area contributed by atoms with E-state index >= 15 is 0 Å². The van der Waals surface area contributed by atoms with Crippen molar-refractivity contribution in [1.29, 1.82) is 0 Å². The van der Waals surface area contributed by atoms with Crippen molar-refractivity contribution in [2.75, 3.05) is 5.32 Å². The van der Waals surface area contributed by atoms with E-state index in [2.05, 4.69) is 42.2 Å². The molecule has 1 heterocycles. The lowest BCUT2D eigenvalue weighted by Gasteiger charge is -2.09. The second kappa shape index (κ2) is 5.38. The number of pyridine rings is 1. The Hall–Kier alpha value is -0.580. The molecule has 1 N–H and O–H groups in total. The van der Waals surface area contributed by atoms with Crippen molar-refractivity contribution in [3.8, 4) is 0 Å². The largest absolute Gasteiger partial charge is 0.339 e. The number of nitrogens with one attached hydrogen (secondary N) is 1. The minimum atomic E-state index is 0.685. The summed E-state index contributed by atoms with van der Waals surface area (Å²) in [5.41, 5.74) is 2.02. The third kappa shape index (κ3) is 3.21. The highest BCUT2D eigenvalue weighted by Gasteiger charge is 2.03. The van der Waals surface area contributed by atoms with Crippen LogP contribution in [0.25, 0.3) is 0 Å². The standard InChI is InChI=1S/C12H9Br2ClN2/c1-7-4-12(16-6-10(7)14)17-11-5-8(15)2-3-9(11)13/h2-6H,1H3,(H,16,17). The zero-order valence-corrected chi connectivity index (χ0v) is 12.9. The summed E-state index contributed by atoms with van der Waals surface area (Å²) in [5, 5.41) is 3.90. The average molecular weight is 376 g/mol. The summed E-state index contributed by atoms with van der Waals surface area (Å²) in [6.07, 6.45) is 1.77. The third-order valence-electron chi connectivity index (χ3n) is 2.24. The van der Waals surface area contributed by atoms with Crippen LogP contribution in [0.5, 0.6) is 0 Å². The van der Waals surface area contributed by atoms with Gasteiger partial charge in [0, 0.05) is 20.2 Å². The Bertz CT molecular complexity index is 558. The second-order valence-electron chi connectivity index (χ2n) is 3.57. The minimum absolute atomic E-state index is 0.685. The molecular weight excluding hydrogens is 367 g/mol. The topological polar surface area (TPSA) is 24.9 Å². The van der Waals surface area contributed by atoms with Crippen molar-refractivity contribution >= 4 is 55.0 Å². The Morgan fingerprint density at radius 2 is 1.94 bits per heavy atom. The summed E-state index contributed by atoms with van der Waals surface area (Å²) in [4.78, 5) is 4.28. The molecule has 0 unspecified atom stereocenters. The summed E-state index contributed by atoms with van der Waals surface area (Å²) < 4.78 is 1.94. The second-order valence-corrected chi connectivity index (χ2v) is 5.71. The van der Waals surface area contributed by atoms with Crippen LogP contribution in [0.3, 0.4) is 0 Å². The number of aryl methyl sites for hydroxylation is 1. The first kappa shape index (κ1) is 12.9. The highest BCUT2D eigenvalue weighted by molar-refractivity contribution is 9.10. The fraction of sp³-hybridized carbons (Fsp3) is 0.0833. The summed E-state index contributed by atoms with van der Waals surface area (Å²) in [6.45, 7) is 2.02. The van der Waals surface area contributed by atoms with Gasteiger partial charge >= 0.3 is 0 Å². The zero-order valence-electron chi connectivity index (χ0n) is 8.97. The van der Waals surface area contributed by atoms with Crippen LogP contribution >= 0.6 is 43.5 Å². The monoisotopic (exact) mass is 374 g/mol. The molecule has 0 aliphatic heterocycles. The quantitative estimate of drug-likeness (QED) is 0.768. The van der Waals surface area contributed by atoms with Gasteiger partial charge in [-0.05, 0) is 68.6 Å². The molecular formula is C12H9Br2ClN2. The summed E-state index contributed by atoms with van der Waals surface area (Å²) >= 11 is 12.8. The number of nitrogens with zero attached hydrogens (tertiary/aromatic N) is 1. The van der Waals surface area contributed by atoms with Crippen molar-refractivity contribution in [3.63, 3.8) is 0 Å². The molecule has 1 aromatic heterocycles. The van der Waals surface area contributed by atoms with Crippen LogP contribution in [-0.4, -0.2) is 4.98 Å². The first-order valence-electron chi connectivity index (χ1n) is 4.90. The predicted molar refractivity (Wildman–Crippen MR) is 79.1 cm³/mol. The molecule has 2 aromatic rings. The van der Waals surface area contributed by atoms with Crippen LogP contribution in [0, 0.1) is 6.92 Å². The van der Waals surface area contributed by atoms with E-state index in [1.807, 2.05) is 31.2 Å². The normalized spacial score (nSPS) is 10.4. The maximum Gasteiger partial charge on any atom is 0.130 e. The fourth-order valence-electron chi connectivity index (χ4n) is 1.34. The maximum absolute atomic E-state index is 5.95. The molecule has 17 heavy (non-hydrogen) atoms. The van der Waals surface area contributed by atoms with E-state index in [9.17, 15) is 0 Å². The number of benzene rings is 1. The Labute approximate surface area is 122 Å². The highest BCUT2D eigenvalue weighted by atomic mass is 79.9. The van der Waals surface area contributed by atoms with Crippen molar-refractivity contribution in [2.45, 2.75) is 6.92 Å². The van der Waals surface area contributed by atoms with Gasteiger partial charge in [-0.1, -0.05) is 11.6 Å². The number of hydrogen-bond donors (Lipinski definition) is 1. The molecule has 2 rings (SSSR count). The Kier molecular flexibility index (Phi) is 4.07. The van der Waals surface area contributed by atoms with E-state index in [1.165, 1.54) is 0 Å². The number of hydrogen-bond acceptors (Lipinski definition) is 2. The molecule has 0 spiro atoms. The maximum atomic E-state index is 5.95. The van der Waals surface area contributed by atoms with Gasteiger partial charge in [-0.25, -0.2) is 4.98 Å². The molecule has 0 amide bonds. The first-order chi connectivity index (χ1) is 8.06. The molecule has 0 fully saturated rings. The Morgan fingerprint density at radius 3 is 2.65 bits per heavy atom. The molecule has 0 atom stereocenters. The van der Waals surface area contributed by atoms with Crippen LogP contribution in [0.1, 0.15) is 5.56 Å². The molecule has 88 valence electrons. The van der Waals surface area contributed by atoms with Gasteiger partial charge in [0.1, 0.15) is 5.82 Å². The van der Waals surface area contributed by atoms with Crippen molar-refractivity contribution < 1.29 is 0 Å². The molecule has 5 heteroatoms. The van der Waals surface area contributed by atoms with E-state index in [4.69, 9.17) is 11.6 Å². The average Bonchev–Trinajstić information content (AvgIpc) is 2.29.